The molecule has 4 heteroatoms. The van der Waals surface area contributed by atoms with E-state index in [1.807, 2.05) is 42.6 Å². The van der Waals surface area contributed by atoms with Crippen LogP contribution in [0.3, 0.4) is 0 Å². The van der Waals surface area contributed by atoms with Gasteiger partial charge in [-0.3, -0.25) is 0 Å². The standard InChI is InChI=1S/C52H35N3O/c1-2-3-4-8-23-40-30-41(51-53-34-46-42-24-15-16-25-49(42)56-52(46)54-51)33-43(37-21-13-7-14-22-37)50(40)55-47-28-26-38(35-17-9-5-10-18-35)31-44(47)45-32-39(27-29-48(45)55)36-19-11-6-12-20-36/h2-34H,1H2/b4-3-,23-8+. The molecule has 3 aromatic heterocycles. The second-order valence-electron chi connectivity index (χ2n) is 13.8. The molecule has 264 valence electrons. The molecular formula is C52H35N3O. The summed E-state index contributed by atoms with van der Waals surface area (Å²) in [6.07, 6.45) is 11.8. The average molecular weight is 718 g/mol. The van der Waals surface area contributed by atoms with Crippen molar-refractivity contribution in [3.05, 3.63) is 206 Å². The molecule has 0 aliphatic carbocycles. The molecule has 0 spiro atoms. The number of allylic oxidation sites excluding steroid dienone is 4. The summed E-state index contributed by atoms with van der Waals surface area (Å²) in [5.74, 6) is 0.596. The summed E-state index contributed by atoms with van der Waals surface area (Å²) in [6, 6.07) is 57.9. The second-order valence-corrected chi connectivity index (χ2v) is 13.8. The van der Waals surface area contributed by atoms with E-state index >= 15 is 0 Å². The van der Waals surface area contributed by atoms with Gasteiger partial charge in [-0.1, -0.05) is 158 Å². The lowest BCUT2D eigenvalue weighted by Crippen LogP contribution is -2.02. The van der Waals surface area contributed by atoms with Crippen molar-refractivity contribution >= 4 is 50.0 Å². The molecule has 0 radical (unpaired) electrons. The highest BCUT2D eigenvalue weighted by Crippen LogP contribution is 2.43. The van der Waals surface area contributed by atoms with E-state index in [-0.39, 0.29) is 0 Å². The second kappa shape index (κ2) is 14.0. The van der Waals surface area contributed by atoms with Crippen LogP contribution in [0.15, 0.2) is 205 Å². The molecule has 0 bridgehead atoms. The average Bonchev–Trinajstić information content (AvgIpc) is 3.80. The highest BCUT2D eigenvalue weighted by atomic mass is 16.3. The lowest BCUT2D eigenvalue weighted by molar-refractivity contribution is 0.653. The van der Waals surface area contributed by atoms with Crippen molar-refractivity contribution in [2.75, 3.05) is 0 Å². The third-order valence-electron chi connectivity index (χ3n) is 10.5. The van der Waals surface area contributed by atoms with Crippen molar-refractivity contribution in [3.8, 4) is 50.5 Å². The van der Waals surface area contributed by atoms with E-state index in [9.17, 15) is 0 Å². The van der Waals surface area contributed by atoms with E-state index in [4.69, 9.17) is 14.4 Å². The molecular weight excluding hydrogens is 683 g/mol. The maximum Gasteiger partial charge on any atom is 0.230 e. The molecule has 56 heavy (non-hydrogen) atoms. The molecule has 0 fully saturated rings. The smallest absolute Gasteiger partial charge is 0.230 e. The van der Waals surface area contributed by atoms with Gasteiger partial charge in [-0.15, -0.1) is 0 Å². The zero-order valence-electron chi connectivity index (χ0n) is 30.5. The van der Waals surface area contributed by atoms with Gasteiger partial charge in [-0.05, 0) is 75.8 Å². The molecule has 0 aliphatic rings. The monoisotopic (exact) mass is 717 g/mol. The minimum atomic E-state index is 0.568. The Balaban J connectivity index is 1.28. The van der Waals surface area contributed by atoms with E-state index in [1.54, 1.807) is 6.08 Å². The summed E-state index contributed by atoms with van der Waals surface area (Å²) in [5.41, 5.74) is 13.4. The maximum atomic E-state index is 6.23. The van der Waals surface area contributed by atoms with Crippen LogP contribution in [0.25, 0.3) is 100 Å². The van der Waals surface area contributed by atoms with Gasteiger partial charge in [0.2, 0.25) is 5.71 Å². The molecule has 4 nitrogen and oxygen atoms in total. The van der Waals surface area contributed by atoms with Crippen LogP contribution in [0.2, 0.25) is 0 Å². The zero-order valence-corrected chi connectivity index (χ0v) is 30.5. The highest BCUT2D eigenvalue weighted by Gasteiger charge is 2.22. The Morgan fingerprint density at radius 3 is 1.75 bits per heavy atom. The van der Waals surface area contributed by atoms with Crippen molar-refractivity contribution < 1.29 is 4.42 Å². The molecule has 7 aromatic carbocycles. The molecule has 0 amide bonds. The first kappa shape index (κ1) is 33.0. The number of para-hydroxylation sites is 1. The van der Waals surface area contributed by atoms with Crippen molar-refractivity contribution in [2.45, 2.75) is 0 Å². The number of hydrogen-bond acceptors (Lipinski definition) is 3. The molecule has 10 aromatic rings. The van der Waals surface area contributed by atoms with E-state index in [0.717, 1.165) is 55.3 Å². The summed E-state index contributed by atoms with van der Waals surface area (Å²) < 4.78 is 8.66. The first-order valence-electron chi connectivity index (χ1n) is 18.8. The fraction of sp³-hybridized carbons (Fsp3) is 0. The molecule has 0 saturated carbocycles. The van der Waals surface area contributed by atoms with E-state index in [2.05, 4.69) is 163 Å². The highest BCUT2D eigenvalue weighted by molar-refractivity contribution is 6.12. The van der Waals surface area contributed by atoms with Crippen LogP contribution >= 0.6 is 0 Å². The van der Waals surface area contributed by atoms with Crippen LogP contribution in [0, 0.1) is 0 Å². The Bertz CT molecular complexity index is 3040. The Hall–Kier alpha value is -7.56. The van der Waals surface area contributed by atoms with Crippen LogP contribution < -0.4 is 0 Å². The number of aromatic nitrogens is 3. The number of nitrogens with zero attached hydrogens (tertiary/aromatic N) is 3. The molecule has 0 unspecified atom stereocenters. The third-order valence-corrected chi connectivity index (χ3v) is 10.5. The summed E-state index contributed by atoms with van der Waals surface area (Å²) >= 11 is 0. The fourth-order valence-corrected chi connectivity index (χ4v) is 7.84. The van der Waals surface area contributed by atoms with Crippen LogP contribution in [0.4, 0.5) is 0 Å². The first-order valence-corrected chi connectivity index (χ1v) is 18.8. The predicted octanol–water partition coefficient (Wildman–Crippen LogP) is 13.9. The molecule has 0 atom stereocenters. The van der Waals surface area contributed by atoms with Crippen molar-refractivity contribution in [3.63, 3.8) is 0 Å². The summed E-state index contributed by atoms with van der Waals surface area (Å²) in [7, 11) is 0. The topological polar surface area (TPSA) is 43.9 Å². The van der Waals surface area contributed by atoms with Crippen LogP contribution in [-0.2, 0) is 0 Å². The van der Waals surface area contributed by atoms with Crippen molar-refractivity contribution in [1.82, 2.24) is 14.5 Å². The lowest BCUT2D eigenvalue weighted by Gasteiger charge is -2.19. The summed E-state index contributed by atoms with van der Waals surface area (Å²) in [5, 5.41) is 4.27. The van der Waals surface area contributed by atoms with Crippen LogP contribution in [0.1, 0.15) is 5.56 Å². The summed E-state index contributed by atoms with van der Waals surface area (Å²) in [6.45, 7) is 3.89. The van der Waals surface area contributed by atoms with Gasteiger partial charge in [0, 0.05) is 33.5 Å². The first-order chi connectivity index (χ1) is 27.7. The van der Waals surface area contributed by atoms with Crippen LogP contribution in [0.5, 0.6) is 0 Å². The Morgan fingerprint density at radius 1 is 0.500 bits per heavy atom. The minimum absolute atomic E-state index is 0.568. The number of fused-ring (bicyclic) bond motifs is 6. The Morgan fingerprint density at radius 2 is 1.11 bits per heavy atom. The SMILES string of the molecule is C=C/C=C\C=C\c1cc(-c2ncc3c(n2)oc2ccccc23)cc(-c2ccccc2)c1-n1c2ccc(-c3ccccc3)cc2c2cc(-c3ccccc3)ccc21. The van der Waals surface area contributed by atoms with Crippen LogP contribution in [-0.4, -0.2) is 14.5 Å². The minimum Gasteiger partial charge on any atom is -0.438 e. The largest absolute Gasteiger partial charge is 0.438 e. The molecule has 10 rings (SSSR count). The van der Waals surface area contributed by atoms with E-state index in [0.29, 0.717) is 11.5 Å². The van der Waals surface area contributed by atoms with E-state index < -0.39 is 0 Å². The zero-order chi connectivity index (χ0) is 37.4. The van der Waals surface area contributed by atoms with Gasteiger partial charge in [0.15, 0.2) is 5.82 Å². The number of rotatable bonds is 8. The quantitative estimate of drug-likeness (QED) is 0.147. The van der Waals surface area contributed by atoms with Crippen molar-refractivity contribution in [2.24, 2.45) is 0 Å². The number of hydrogen-bond donors (Lipinski definition) is 0. The van der Waals surface area contributed by atoms with E-state index in [1.165, 1.54) is 33.0 Å². The van der Waals surface area contributed by atoms with Gasteiger partial charge in [0.05, 0.1) is 22.1 Å². The van der Waals surface area contributed by atoms with Gasteiger partial charge in [-0.2, -0.15) is 4.98 Å². The summed E-state index contributed by atoms with van der Waals surface area (Å²) in [4.78, 5) is 9.93. The lowest BCUT2D eigenvalue weighted by atomic mass is 9.95. The Labute approximate surface area is 324 Å². The molecule has 0 aliphatic heterocycles. The van der Waals surface area contributed by atoms with Gasteiger partial charge in [0.25, 0.3) is 0 Å². The molecule has 3 heterocycles. The van der Waals surface area contributed by atoms with Crippen molar-refractivity contribution in [1.29, 1.82) is 0 Å². The normalized spacial score (nSPS) is 11.9. The fourth-order valence-electron chi connectivity index (χ4n) is 7.84. The molecule has 0 saturated heterocycles. The number of benzene rings is 7. The molecule has 0 N–H and O–H groups in total. The Kier molecular flexibility index (Phi) is 8.27. The van der Waals surface area contributed by atoms with Gasteiger partial charge >= 0.3 is 0 Å². The van der Waals surface area contributed by atoms with Gasteiger partial charge in [0.1, 0.15) is 5.58 Å². The van der Waals surface area contributed by atoms with Gasteiger partial charge in [-0.25, -0.2) is 4.98 Å². The maximum absolute atomic E-state index is 6.23. The van der Waals surface area contributed by atoms with Gasteiger partial charge < -0.3 is 8.98 Å². The number of furan rings is 1. The predicted molar refractivity (Wildman–Crippen MR) is 234 cm³/mol. The third kappa shape index (κ3) is 5.81.